The van der Waals surface area contributed by atoms with Crippen LogP contribution in [0, 0.1) is 0 Å². The Morgan fingerprint density at radius 1 is 1.18 bits per heavy atom. The zero-order valence-electron chi connectivity index (χ0n) is 13.7. The van der Waals surface area contributed by atoms with E-state index in [-0.39, 0.29) is 6.61 Å². The van der Waals surface area contributed by atoms with E-state index in [1.165, 1.54) is 0 Å². The Kier molecular flexibility index (Phi) is 5.80. The minimum atomic E-state index is -1.20. The quantitative estimate of drug-likeness (QED) is 0.841. The van der Waals surface area contributed by atoms with Gasteiger partial charge < -0.3 is 14.7 Å². The van der Waals surface area contributed by atoms with E-state index in [9.17, 15) is 9.90 Å². The number of carbonyl (C=O) groups excluding carboxylic acids is 1. The third-order valence-corrected chi connectivity index (χ3v) is 4.13. The van der Waals surface area contributed by atoms with Gasteiger partial charge in [0.05, 0.1) is 6.61 Å². The van der Waals surface area contributed by atoms with E-state index in [0.29, 0.717) is 11.6 Å². The number of hydrogen-bond donors (Lipinski definition) is 1. The third-order valence-electron chi connectivity index (χ3n) is 4.13. The lowest BCUT2D eigenvalue weighted by molar-refractivity contribution is -0.153. The summed E-state index contributed by atoms with van der Waals surface area (Å²) in [6.07, 6.45) is -1.20. The molecule has 1 aromatic carbocycles. The molecule has 2 rings (SSSR count). The summed E-state index contributed by atoms with van der Waals surface area (Å²) >= 11 is 0. The monoisotopic (exact) mass is 306 g/mol. The number of aliphatic hydroxyl groups is 1. The molecule has 5 heteroatoms. The standard InChI is InChI=1S/C17H26N2O3/c1-4-22-17(21)16(20)14-5-7-15(8-6-14)19-11-9-18(10-12-19)13(2)3/h5-8,13,16,20H,4,9-12H2,1-3H3. The van der Waals surface area contributed by atoms with Crippen molar-refractivity contribution < 1.29 is 14.6 Å². The first-order valence-electron chi connectivity index (χ1n) is 7.96. The third kappa shape index (κ3) is 3.99. The van der Waals surface area contributed by atoms with Crippen LogP contribution in [0.15, 0.2) is 24.3 Å². The molecule has 0 radical (unpaired) electrons. The Hall–Kier alpha value is -1.59. The SMILES string of the molecule is CCOC(=O)C(O)c1ccc(N2CCN(C(C)C)CC2)cc1. The number of ether oxygens (including phenoxy) is 1. The van der Waals surface area contributed by atoms with Gasteiger partial charge >= 0.3 is 5.97 Å². The largest absolute Gasteiger partial charge is 0.464 e. The maximum absolute atomic E-state index is 11.5. The van der Waals surface area contributed by atoms with Crippen molar-refractivity contribution in [2.24, 2.45) is 0 Å². The highest BCUT2D eigenvalue weighted by atomic mass is 16.5. The molecule has 122 valence electrons. The lowest BCUT2D eigenvalue weighted by Crippen LogP contribution is -2.48. The number of benzene rings is 1. The molecule has 1 unspecified atom stereocenters. The number of carbonyl (C=O) groups is 1. The van der Waals surface area contributed by atoms with Crippen molar-refractivity contribution in [1.29, 1.82) is 0 Å². The topological polar surface area (TPSA) is 53.0 Å². The van der Waals surface area contributed by atoms with Crippen molar-refractivity contribution in [2.45, 2.75) is 32.9 Å². The van der Waals surface area contributed by atoms with Crippen molar-refractivity contribution in [3.63, 3.8) is 0 Å². The molecule has 0 aliphatic carbocycles. The van der Waals surface area contributed by atoms with Gasteiger partial charge in [-0.2, -0.15) is 0 Å². The number of aliphatic hydroxyl groups excluding tert-OH is 1. The Bertz CT molecular complexity index is 479. The Morgan fingerprint density at radius 3 is 2.27 bits per heavy atom. The molecule has 0 spiro atoms. The summed E-state index contributed by atoms with van der Waals surface area (Å²) in [6, 6.07) is 8.10. The average Bonchev–Trinajstić information content (AvgIpc) is 2.54. The van der Waals surface area contributed by atoms with E-state index in [1.54, 1.807) is 19.1 Å². The van der Waals surface area contributed by atoms with Crippen molar-refractivity contribution in [1.82, 2.24) is 4.90 Å². The predicted molar refractivity (Wildman–Crippen MR) is 87.0 cm³/mol. The Morgan fingerprint density at radius 2 is 1.77 bits per heavy atom. The summed E-state index contributed by atoms with van der Waals surface area (Å²) in [4.78, 5) is 16.3. The highest BCUT2D eigenvalue weighted by Gasteiger charge is 2.21. The Balaban J connectivity index is 1.96. The van der Waals surface area contributed by atoms with E-state index >= 15 is 0 Å². The van der Waals surface area contributed by atoms with Crippen LogP contribution in [-0.2, 0) is 9.53 Å². The van der Waals surface area contributed by atoms with Crippen LogP contribution >= 0.6 is 0 Å². The van der Waals surface area contributed by atoms with Gasteiger partial charge in [-0.1, -0.05) is 12.1 Å². The van der Waals surface area contributed by atoms with Gasteiger partial charge in [-0.15, -0.1) is 0 Å². The van der Waals surface area contributed by atoms with Gasteiger partial charge in [0.25, 0.3) is 0 Å². The fraction of sp³-hybridized carbons (Fsp3) is 0.588. The number of anilines is 1. The number of esters is 1. The first-order valence-corrected chi connectivity index (χ1v) is 7.96. The van der Waals surface area contributed by atoms with Gasteiger partial charge in [-0.3, -0.25) is 4.90 Å². The van der Waals surface area contributed by atoms with Gasteiger partial charge in [-0.05, 0) is 38.5 Å². The molecule has 0 amide bonds. The second kappa shape index (κ2) is 7.61. The summed E-state index contributed by atoms with van der Waals surface area (Å²) in [6.45, 7) is 10.6. The highest BCUT2D eigenvalue weighted by Crippen LogP contribution is 2.21. The molecule has 1 aromatic rings. The highest BCUT2D eigenvalue weighted by molar-refractivity contribution is 5.76. The summed E-state index contributed by atoms with van der Waals surface area (Å²) in [7, 11) is 0. The van der Waals surface area contributed by atoms with E-state index in [2.05, 4.69) is 23.6 Å². The first-order chi connectivity index (χ1) is 10.5. The molecule has 1 heterocycles. The lowest BCUT2D eigenvalue weighted by atomic mass is 10.1. The molecular weight excluding hydrogens is 280 g/mol. The van der Waals surface area contributed by atoms with Crippen molar-refractivity contribution in [3.05, 3.63) is 29.8 Å². The van der Waals surface area contributed by atoms with E-state index in [0.717, 1.165) is 31.9 Å². The molecular formula is C17H26N2O3. The zero-order chi connectivity index (χ0) is 16.1. The minimum absolute atomic E-state index is 0.272. The molecule has 0 saturated carbocycles. The molecule has 22 heavy (non-hydrogen) atoms. The molecule has 0 bridgehead atoms. The van der Waals surface area contributed by atoms with E-state index < -0.39 is 12.1 Å². The van der Waals surface area contributed by atoms with E-state index in [1.807, 2.05) is 12.1 Å². The maximum atomic E-state index is 11.5. The van der Waals surface area contributed by atoms with Crippen LogP contribution in [0.1, 0.15) is 32.4 Å². The van der Waals surface area contributed by atoms with Crippen LogP contribution < -0.4 is 4.90 Å². The number of nitrogens with zero attached hydrogens (tertiary/aromatic N) is 2. The summed E-state index contributed by atoms with van der Waals surface area (Å²) in [5.74, 6) is -0.596. The van der Waals surface area contributed by atoms with Crippen molar-refractivity contribution in [2.75, 3.05) is 37.7 Å². The Labute approximate surface area is 132 Å². The minimum Gasteiger partial charge on any atom is -0.464 e. The van der Waals surface area contributed by atoms with Crippen LogP contribution in [-0.4, -0.2) is 54.8 Å². The van der Waals surface area contributed by atoms with Crippen LogP contribution in [0.4, 0.5) is 5.69 Å². The van der Waals surface area contributed by atoms with Gasteiger partial charge in [0.2, 0.25) is 0 Å². The molecule has 1 atom stereocenters. The summed E-state index contributed by atoms with van der Waals surface area (Å²) in [5.41, 5.74) is 1.70. The lowest BCUT2D eigenvalue weighted by Gasteiger charge is -2.38. The van der Waals surface area contributed by atoms with Gasteiger partial charge in [0, 0.05) is 37.9 Å². The fourth-order valence-electron chi connectivity index (χ4n) is 2.72. The van der Waals surface area contributed by atoms with Gasteiger partial charge in [-0.25, -0.2) is 4.79 Å². The van der Waals surface area contributed by atoms with Crippen LogP contribution in [0.2, 0.25) is 0 Å². The fourth-order valence-corrected chi connectivity index (χ4v) is 2.72. The molecule has 1 aliphatic rings. The molecule has 1 aliphatic heterocycles. The zero-order valence-corrected chi connectivity index (χ0v) is 13.7. The number of rotatable bonds is 5. The van der Waals surface area contributed by atoms with Gasteiger partial charge in [0.1, 0.15) is 0 Å². The number of piperazine rings is 1. The molecule has 1 saturated heterocycles. The molecule has 1 N–H and O–H groups in total. The normalized spacial score (nSPS) is 17.6. The predicted octanol–water partition coefficient (Wildman–Crippen LogP) is 1.81. The summed E-state index contributed by atoms with van der Waals surface area (Å²) in [5, 5.41) is 9.92. The van der Waals surface area contributed by atoms with Crippen LogP contribution in [0.5, 0.6) is 0 Å². The molecule has 1 fully saturated rings. The maximum Gasteiger partial charge on any atom is 0.339 e. The van der Waals surface area contributed by atoms with Gasteiger partial charge in [0.15, 0.2) is 6.10 Å². The summed E-state index contributed by atoms with van der Waals surface area (Å²) < 4.78 is 4.83. The van der Waals surface area contributed by atoms with Crippen LogP contribution in [0.25, 0.3) is 0 Å². The molecule has 5 nitrogen and oxygen atoms in total. The second-order valence-corrected chi connectivity index (χ2v) is 5.86. The average molecular weight is 306 g/mol. The second-order valence-electron chi connectivity index (χ2n) is 5.86. The molecule has 0 aromatic heterocycles. The smallest absolute Gasteiger partial charge is 0.339 e. The first kappa shape index (κ1) is 16.8. The van der Waals surface area contributed by atoms with E-state index in [4.69, 9.17) is 4.74 Å². The van der Waals surface area contributed by atoms with Crippen molar-refractivity contribution >= 4 is 11.7 Å². The van der Waals surface area contributed by atoms with Crippen LogP contribution in [0.3, 0.4) is 0 Å². The van der Waals surface area contributed by atoms with Crippen molar-refractivity contribution in [3.8, 4) is 0 Å². The number of hydrogen-bond acceptors (Lipinski definition) is 5.